The number of benzene rings is 3. The van der Waals surface area contributed by atoms with E-state index in [9.17, 15) is 14.0 Å². The van der Waals surface area contributed by atoms with E-state index in [0.717, 1.165) is 16.0 Å². The highest BCUT2D eigenvalue weighted by Gasteiger charge is 2.28. The molecule has 4 nitrogen and oxygen atoms in total. The van der Waals surface area contributed by atoms with Crippen molar-refractivity contribution in [3.8, 4) is 16.9 Å². The minimum Gasteiger partial charge on any atom is -0.487 e. The molecule has 0 fully saturated rings. The summed E-state index contributed by atoms with van der Waals surface area (Å²) in [5, 5.41) is 2.96. The maximum atomic E-state index is 14.7. The molecule has 1 heterocycles. The van der Waals surface area contributed by atoms with E-state index in [0.29, 0.717) is 41.0 Å². The average Bonchev–Trinajstić information content (AvgIpc) is 3.19. The number of amides is 1. The Kier molecular flexibility index (Phi) is 6.33. The lowest BCUT2D eigenvalue weighted by molar-refractivity contribution is 0.0930. The topological polar surface area (TPSA) is 55.4 Å². The minimum atomic E-state index is -0.406. The van der Waals surface area contributed by atoms with E-state index >= 15 is 0 Å². The Morgan fingerprint density at radius 1 is 1.12 bits per heavy atom. The summed E-state index contributed by atoms with van der Waals surface area (Å²) >= 11 is 1.53. The number of halogens is 1. The lowest BCUT2D eigenvalue weighted by Crippen LogP contribution is -2.34. The van der Waals surface area contributed by atoms with Gasteiger partial charge in [0.05, 0.1) is 12.1 Å². The molecule has 1 aliphatic heterocycles. The van der Waals surface area contributed by atoms with Crippen molar-refractivity contribution in [1.29, 1.82) is 0 Å². The summed E-state index contributed by atoms with van der Waals surface area (Å²) in [6.07, 6.45) is 2.30. The summed E-state index contributed by atoms with van der Waals surface area (Å²) in [4.78, 5) is 25.4. The maximum absolute atomic E-state index is 14.7. The molecule has 3 aromatic carbocycles. The lowest BCUT2D eigenvalue weighted by Gasteiger charge is -2.15. The van der Waals surface area contributed by atoms with Crippen LogP contribution in [-0.2, 0) is 6.42 Å². The Balaban J connectivity index is 1.56. The molecule has 0 aromatic heterocycles. The Morgan fingerprint density at radius 3 is 2.66 bits per heavy atom. The zero-order chi connectivity index (χ0) is 22.8. The van der Waals surface area contributed by atoms with Gasteiger partial charge in [-0.15, -0.1) is 11.8 Å². The number of carbonyl (C=O) groups is 2. The Labute approximate surface area is 191 Å². The minimum absolute atomic E-state index is 0.123. The quantitative estimate of drug-likeness (QED) is 0.401. The fourth-order valence-corrected chi connectivity index (χ4v) is 4.59. The molecule has 1 atom stereocenters. The molecule has 1 amide bonds. The van der Waals surface area contributed by atoms with Gasteiger partial charge in [0, 0.05) is 28.0 Å². The zero-order valence-electron chi connectivity index (χ0n) is 18.2. The number of Topliss-reactive ketones (excluding diaryl/α,β-unsaturated/α-hetero) is 1. The Hall–Kier alpha value is -3.12. The summed E-state index contributed by atoms with van der Waals surface area (Å²) in [6, 6.07) is 15.7. The lowest BCUT2D eigenvalue weighted by atomic mass is 9.95. The summed E-state index contributed by atoms with van der Waals surface area (Å²) in [5.41, 5.74) is 4.00. The first-order chi connectivity index (χ1) is 15.4. The van der Waals surface area contributed by atoms with Gasteiger partial charge in [-0.1, -0.05) is 18.2 Å². The van der Waals surface area contributed by atoms with Crippen LogP contribution >= 0.6 is 11.8 Å². The van der Waals surface area contributed by atoms with Gasteiger partial charge in [0.2, 0.25) is 0 Å². The average molecular weight is 450 g/mol. The first-order valence-electron chi connectivity index (χ1n) is 10.4. The van der Waals surface area contributed by atoms with E-state index in [1.807, 2.05) is 43.5 Å². The third kappa shape index (κ3) is 4.41. The van der Waals surface area contributed by atoms with Crippen molar-refractivity contribution >= 4 is 23.5 Å². The van der Waals surface area contributed by atoms with Crippen LogP contribution in [-0.4, -0.2) is 30.6 Å². The molecule has 164 valence electrons. The number of hydrogen-bond acceptors (Lipinski definition) is 4. The van der Waals surface area contributed by atoms with E-state index in [1.165, 1.54) is 30.8 Å². The standard InChI is InChI=1S/C26H24FNO3S/c1-15-10-18-12-19(14-28-26(30)20-6-4-5-7-24(20)32-3)31-25(18)22(11-15)21-13-17(16(2)29)8-9-23(21)27/h4-11,13,19H,12,14H2,1-3H3,(H,28,30). The molecule has 6 heteroatoms. The van der Waals surface area contributed by atoms with E-state index in [4.69, 9.17) is 4.74 Å². The number of carbonyl (C=O) groups excluding carboxylic acids is 2. The second-order valence-corrected chi connectivity index (χ2v) is 8.75. The van der Waals surface area contributed by atoms with E-state index in [-0.39, 0.29) is 17.8 Å². The molecule has 1 unspecified atom stereocenters. The summed E-state index contributed by atoms with van der Waals surface area (Å²) in [5.74, 6) is -0.0653. The number of hydrogen-bond donors (Lipinski definition) is 1. The second kappa shape index (κ2) is 9.17. The highest BCUT2D eigenvalue weighted by molar-refractivity contribution is 7.98. The fourth-order valence-electron chi connectivity index (χ4n) is 3.99. The molecule has 0 spiro atoms. The van der Waals surface area contributed by atoms with Crippen molar-refractivity contribution < 1.29 is 18.7 Å². The Morgan fingerprint density at radius 2 is 1.91 bits per heavy atom. The molecular formula is C26H24FNO3S. The van der Waals surface area contributed by atoms with Gasteiger partial charge < -0.3 is 10.1 Å². The van der Waals surface area contributed by atoms with Crippen molar-refractivity contribution in [2.75, 3.05) is 12.8 Å². The first-order valence-corrected chi connectivity index (χ1v) is 11.6. The molecule has 0 radical (unpaired) electrons. The van der Waals surface area contributed by atoms with Crippen LogP contribution in [0.25, 0.3) is 11.1 Å². The smallest absolute Gasteiger partial charge is 0.252 e. The van der Waals surface area contributed by atoms with Gasteiger partial charge >= 0.3 is 0 Å². The van der Waals surface area contributed by atoms with Crippen molar-refractivity contribution in [3.63, 3.8) is 0 Å². The molecule has 0 saturated carbocycles. The van der Waals surface area contributed by atoms with Crippen LogP contribution in [0, 0.1) is 12.7 Å². The second-order valence-electron chi connectivity index (χ2n) is 7.91. The predicted molar refractivity (Wildman–Crippen MR) is 125 cm³/mol. The normalized spacial score (nSPS) is 14.6. The summed E-state index contributed by atoms with van der Waals surface area (Å²) < 4.78 is 20.9. The molecule has 1 N–H and O–H groups in total. The maximum Gasteiger partial charge on any atom is 0.252 e. The van der Waals surface area contributed by atoms with Gasteiger partial charge in [0.25, 0.3) is 5.91 Å². The highest BCUT2D eigenvalue weighted by Crippen LogP contribution is 2.41. The molecule has 0 saturated heterocycles. The SMILES string of the molecule is CSc1ccccc1C(=O)NCC1Cc2cc(C)cc(-c3cc(C(C)=O)ccc3F)c2O1. The van der Waals surface area contributed by atoms with Gasteiger partial charge in [-0.25, -0.2) is 4.39 Å². The van der Waals surface area contributed by atoms with Gasteiger partial charge in [-0.2, -0.15) is 0 Å². The van der Waals surface area contributed by atoms with Crippen molar-refractivity contribution in [2.45, 2.75) is 31.3 Å². The number of ether oxygens (including phenoxy) is 1. The number of ketones is 1. The van der Waals surface area contributed by atoms with E-state index in [2.05, 4.69) is 5.32 Å². The fraction of sp³-hybridized carbons (Fsp3) is 0.231. The molecule has 1 aliphatic rings. The van der Waals surface area contributed by atoms with E-state index in [1.54, 1.807) is 12.1 Å². The molecule has 0 bridgehead atoms. The van der Waals surface area contributed by atoms with Crippen LogP contribution in [0.15, 0.2) is 59.5 Å². The molecule has 4 rings (SSSR count). The number of rotatable bonds is 6. The van der Waals surface area contributed by atoms with Crippen molar-refractivity contribution in [3.05, 3.63) is 82.7 Å². The number of nitrogens with one attached hydrogen (secondary N) is 1. The molecular weight excluding hydrogens is 425 g/mol. The largest absolute Gasteiger partial charge is 0.487 e. The van der Waals surface area contributed by atoms with Crippen molar-refractivity contribution in [2.24, 2.45) is 0 Å². The first kappa shape index (κ1) is 22.1. The molecule has 3 aromatic rings. The number of thioether (sulfide) groups is 1. The third-order valence-corrected chi connectivity index (χ3v) is 6.34. The van der Waals surface area contributed by atoms with E-state index < -0.39 is 5.82 Å². The third-order valence-electron chi connectivity index (χ3n) is 5.55. The highest BCUT2D eigenvalue weighted by atomic mass is 32.2. The zero-order valence-corrected chi connectivity index (χ0v) is 19.0. The van der Waals surface area contributed by atoms with Gasteiger partial charge in [-0.3, -0.25) is 9.59 Å². The van der Waals surface area contributed by atoms with Gasteiger partial charge in [0.1, 0.15) is 17.7 Å². The van der Waals surface area contributed by atoms with Gasteiger partial charge in [-0.05, 0) is 67.6 Å². The van der Waals surface area contributed by atoms with Crippen LogP contribution in [0.5, 0.6) is 5.75 Å². The van der Waals surface area contributed by atoms with Crippen LogP contribution in [0.4, 0.5) is 4.39 Å². The van der Waals surface area contributed by atoms with Crippen LogP contribution < -0.4 is 10.1 Å². The molecule has 0 aliphatic carbocycles. The number of fused-ring (bicyclic) bond motifs is 1. The van der Waals surface area contributed by atoms with Crippen LogP contribution in [0.3, 0.4) is 0 Å². The predicted octanol–water partition coefficient (Wildman–Crippen LogP) is 5.46. The van der Waals surface area contributed by atoms with Crippen LogP contribution in [0.1, 0.15) is 38.8 Å². The Bertz CT molecular complexity index is 1210. The monoisotopic (exact) mass is 449 g/mol. The van der Waals surface area contributed by atoms with Gasteiger partial charge in [0.15, 0.2) is 5.78 Å². The number of aryl methyl sites for hydroxylation is 1. The van der Waals surface area contributed by atoms with Crippen molar-refractivity contribution in [1.82, 2.24) is 5.32 Å². The summed E-state index contributed by atoms with van der Waals surface area (Å²) in [7, 11) is 0. The molecule has 32 heavy (non-hydrogen) atoms. The van der Waals surface area contributed by atoms with Crippen LogP contribution in [0.2, 0.25) is 0 Å². The summed E-state index contributed by atoms with van der Waals surface area (Å²) in [6.45, 7) is 3.75.